The molecule has 178 valence electrons. The lowest BCUT2D eigenvalue weighted by Crippen LogP contribution is -2.54. The lowest BCUT2D eigenvalue weighted by atomic mass is 9.79. The van der Waals surface area contributed by atoms with E-state index in [1.807, 2.05) is 7.11 Å². The fourth-order valence-corrected chi connectivity index (χ4v) is 6.28. The molecule has 0 amide bonds. The number of fused-ring (bicyclic) bond motifs is 1. The number of benzene rings is 1. The van der Waals surface area contributed by atoms with Crippen LogP contribution in [0.1, 0.15) is 62.5 Å². The van der Waals surface area contributed by atoms with E-state index in [4.69, 9.17) is 18.9 Å². The van der Waals surface area contributed by atoms with Gasteiger partial charge < -0.3 is 18.9 Å². The van der Waals surface area contributed by atoms with Crippen LogP contribution in [0.15, 0.2) is 36.1 Å². The third-order valence-corrected chi connectivity index (χ3v) is 8.66. The van der Waals surface area contributed by atoms with E-state index in [1.54, 1.807) is 0 Å². The Morgan fingerprint density at radius 3 is 2.61 bits per heavy atom. The molecular formula is C28H37NO4. The minimum Gasteiger partial charge on any atom is -0.501 e. The van der Waals surface area contributed by atoms with Crippen molar-refractivity contribution in [3.63, 3.8) is 0 Å². The highest BCUT2D eigenvalue weighted by molar-refractivity contribution is 5.76. The zero-order valence-corrected chi connectivity index (χ0v) is 19.9. The standard InChI is InChI=1S/C28H37NO4/c1-30-27-18-22(5-7-25(27)20-9-15-31-16-10-20)21-6-8-26-23(17-21)19-32-28(33-26)11-13-29(14-12-28)24-3-2-4-24/h5-6,8,17-18,20,24-25H,2-4,7,9-16,19H2,1H3. The maximum Gasteiger partial charge on any atom is 0.213 e. The van der Waals surface area contributed by atoms with Crippen LogP contribution in [0.4, 0.5) is 0 Å². The van der Waals surface area contributed by atoms with E-state index in [0.717, 1.165) is 81.5 Å². The topological polar surface area (TPSA) is 40.2 Å². The highest BCUT2D eigenvalue weighted by Gasteiger charge is 2.42. The molecule has 0 aromatic heterocycles. The summed E-state index contributed by atoms with van der Waals surface area (Å²) in [5, 5.41) is 0. The number of nitrogens with zero attached hydrogens (tertiary/aromatic N) is 1. The number of rotatable bonds is 4. The monoisotopic (exact) mass is 451 g/mol. The maximum absolute atomic E-state index is 6.50. The van der Waals surface area contributed by atoms with Crippen LogP contribution in [0.3, 0.4) is 0 Å². The van der Waals surface area contributed by atoms with Gasteiger partial charge in [-0.2, -0.15) is 0 Å². The molecule has 2 saturated heterocycles. The second kappa shape index (κ2) is 9.09. The third-order valence-electron chi connectivity index (χ3n) is 8.66. The van der Waals surface area contributed by atoms with Crippen LogP contribution in [-0.2, 0) is 20.8 Å². The van der Waals surface area contributed by atoms with Crippen molar-refractivity contribution >= 4 is 5.57 Å². The Morgan fingerprint density at radius 1 is 1.06 bits per heavy atom. The summed E-state index contributed by atoms with van der Waals surface area (Å²) in [6, 6.07) is 7.40. The molecule has 5 aliphatic rings. The number of ether oxygens (including phenoxy) is 4. The van der Waals surface area contributed by atoms with Gasteiger partial charge in [-0.15, -0.1) is 0 Å². The van der Waals surface area contributed by atoms with Crippen LogP contribution in [0, 0.1) is 11.8 Å². The molecule has 1 aromatic rings. The predicted octanol–water partition coefficient (Wildman–Crippen LogP) is 5.30. The average Bonchev–Trinajstić information content (AvgIpc) is 2.84. The van der Waals surface area contributed by atoms with Gasteiger partial charge in [0.25, 0.3) is 0 Å². The van der Waals surface area contributed by atoms with Crippen molar-refractivity contribution < 1.29 is 18.9 Å². The summed E-state index contributed by atoms with van der Waals surface area (Å²) in [4.78, 5) is 2.64. The van der Waals surface area contributed by atoms with Gasteiger partial charge >= 0.3 is 0 Å². The SMILES string of the molecule is COC1=CC(c2ccc3c(c2)COC2(CCN(C4CCC4)CC2)O3)=CCC1C1CCOCC1. The highest BCUT2D eigenvalue weighted by Crippen LogP contribution is 2.42. The molecule has 2 aliphatic carbocycles. The normalized spacial score (nSPS) is 28.3. The Kier molecular flexibility index (Phi) is 5.97. The Bertz CT molecular complexity index is 920. The van der Waals surface area contributed by atoms with Crippen molar-refractivity contribution in [1.82, 2.24) is 4.90 Å². The average molecular weight is 452 g/mol. The van der Waals surface area contributed by atoms with Crippen LogP contribution >= 0.6 is 0 Å². The van der Waals surface area contributed by atoms with E-state index in [9.17, 15) is 0 Å². The molecule has 1 unspecified atom stereocenters. The van der Waals surface area contributed by atoms with Crippen LogP contribution in [-0.4, -0.2) is 50.1 Å². The molecule has 0 N–H and O–H groups in total. The molecule has 5 nitrogen and oxygen atoms in total. The van der Waals surface area contributed by atoms with Gasteiger partial charge in [-0.1, -0.05) is 18.6 Å². The summed E-state index contributed by atoms with van der Waals surface area (Å²) in [6.45, 7) is 4.55. The van der Waals surface area contributed by atoms with Crippen molar-refractivity contribution in [2.45, 2.75) is 69.8 Å². The van der Waals surface area contributed by atoms with Gasteiger partial charge in [0, 0.05) is 56.7 Å². The Hall–Kier alpha value is -1.82. The zero-order valence-electron chi connectivity index (χ0n) is 19.9. The van der Waals surface area contributed by atoms with Crippen LogP contribution in [0.5, 0.6) is 5.75 Å². The Balaban J connectivity index is 1.14. The lowest BCUT2D eigenvalue weighted by molar-refractivity contribution is -0.231. The summed E-state index contributed by atoms with van der Waals surface area (Å²) in [7, 11) is 1.81. The van der Waals surface area contributed by atoms with Crippen molar-refractivity contribution in [1.29, 1.82) is 0 Å². The number of hydrogen-bond donors (Lipinski definition) is 0. The van der Waals surface area contributed by atoms with E-state index in [0.29, 0.717) is 18.4 Å². The molecule has 3 aliphatic heterocycles. The molecule has 0 radical (unpaired) electrons. The molecule has 1 saturated carbocycles. The molecule has 1 spiro atoms. The molecule has 3 fully saturated rings. The minimum absolute atomic E-state index is 0.432. The van der Waals surface area contributed by atoms with Crippen LogP contribution in [0.2, 0.25) is 0 Å². The molecule has 0 bridgehead atoms. The second-order valence-electron chi connectivity index (χ2n) is 10.4. The molecule has 3 heterocycles. The van der Waals surface area contributed by atoms with Gasteiger partial charge in [0.15, 0.2) is 0 Å². The van der Waals surface area contributed by atoms with Crippen molar-refractivity contribution in [2.75, 3.05) is 33.4 Å². The van der Waals surface area contributed by atoms with E-state index >= 15 is 0 Å². The molecule has 1 atom stereocenters. The number of allylic oxidation sites excluding steroid dienone is 4. The van der Waals surface area contributed by atoms with Gasteiger partial charge in [-0.05, 0) is 67.4 Å². The first-order valence-electron chi connectivity index (χ1n) is 13.0. The molecule has 1 aromatic carbocycles. The lowest BCUT2D eigenvalue weighted by Gasteiger charge is -2.47. The first kappa shape index (κ1) is 21.7. The van der Waals surface area contributed by atoms with Gasteiger partial charge in [0.1, 0.15) is 5.75 Å². The van der Waals surface area contributed by atoms with Crippen LogP contribution in [0.25, 0.3) is 5.57 Å². The zero-order chi connectivity index (χ0) is 22.3. The van der Waals surface area contributed by atoms with Crippen molar-refractivity contribution in [3.8, 4) is 5.75 Å². The number of hydrogen-bond acceptors (Lipinski definition) is 5. The molecule has 5 heteroatoms. The van der Waals surface area contributed by atoms with Crippen molar-refractivity contribution in [3.05, 3.63) is 47.2 Å². The fraction of sp³-hybridized carbons (Fsp3) is 0.643. The van der Waals surface area contributed by atoms with Gasteiger partial charge in [0.2, 0.25) is 5.79 Å². The number of likely N-dealkylation sites (tertiary alicyclic amines) is 1. The first-order valence-corrected chi connectivity index (χ1v) is 13.0. The quantitative estimate of drug-likeness (QED) is 0.621. The van der Waals surface area contributed by atoms with Gasteiger partial charge in [-0.25, -0.2) is 0 Å². The third kappa shape index (κ3) is 4.24. The van der Waals surface area contributed by atoms with Gasteiger partial charge in [0.05, 0.1) is 19.5 Å². The second-order valence-corrected chi connectivity index (χ2v) is 10.4. The van der Waals surface area contributed by atoms with E-state index < -0.39 is 5.79 Å². The summed E-state index contributed by atoms with van der Waals surface area (Å²) in [6.07, 6.45) is 14.0. The maximum atomic E-state index is 6.50. The smallest absolute Gasteiger partial charge is 0.213 e. The van der Waals surface area contributed by atoms with E-state index in [-0.39, 0.29) is 0 Å². The van der Waals surface area contributed by atoms with Crippen LogP contribution < -0.4 is 4.74 Å². The van der Waals surface area contributed by atoms with Crippen molar-refractivity contribution in [2.24, 2.45) is 11.8 Å². The first-order chi connectivity index (χ1) is 16.2. The summed E-state index contributed by atoms with van der Waals surface area (Å²) >= 11 is 0. The largest absolute Gasteiger partial charge is 0.501 e. The highest BCUT2D eigenvalue weighted by atomic mass is 16.7. The number of piperidine rings is 1. The number of methoxy groups -OCH3 is 1. The Morgan fingerprint density at radius 2 is 1.88 bits per heavy atom. The molecular weight excluding hydrogens is 414 g/mol. The predicted molar refractivity (Wildman–Crippen MR) is 128 cm³/mol. The summed E-state index contributed by atoms with van der Waals surface area (Å²) < 4.78 is 24.3. The Labute approximate surface area is 197 Å². The van der Waals surface area contributed by atoms with E-state index in [1.165, 1.54) is 30.4 Å². The minimum atomic E-state index is -0.432. The molecule has 6 rings (SSSR count). The van der Waals surface area contributed by atoms with E-state index in [2.05, 4.69) is 35.3 Å². The van der Waals surface area contributed by atoms with Gasteiger partial charge in [-0.3, -0.25) is 4.90 Å². The molecule has 33 heavy (non-hydrogen) atoms. The summed E-state index contributed by atoms with van der Waals surface area (Å²) in [5.74, 6) is 2.80. The fourth-order valence-electron chi connectivity index (χ4n) is 6.28. The summed E-state index contributed by atoms with van der Waals surface area (Å²) in [5.41, 5.74) is 3.61.